The second-order valence-corrected chi connectivity index (χ2v) is 3.40. The molecule has 0 spiro atoms. The van der Waals surface area contributed by atoms with Gasteiger partial charge in [-0.25, -0.2) is 0 Å². The van der Waals surface area contributed by atoms with Crippen molar-refractivity contribution in [1.82, 2.24) is 5.06 Å². The van der Waals surface area contributed by atoms with Crippen LogP contribution in [-0.4, -0.2) is 36.1 Å². The van der Waals surface area contributed by atoms with Crippen molar-refractivity contribution in [2.75, 3.05) is 19.7 Å². The lowest BCUT2D eigenvalue weighted by Gasteiger charge is -2.28. The molecule has 12 heavy (non-hydrogen) atoms. The van der Waals surface area contributed by atoms with E-state index in [1.54, 1.807) is 0 Å². The van der Waals surface area contributed by atoms with Gasteiger partial charge >= 0.3 is 0 Å². The maximum Gasteiger partial charge on any atom is 0.0725 e. The van der Waals surface area contributed by atoms with Crippen molar-refractivity contribution in [2.24, 2.45) is 0 Å². The zero-order valence-corrected chi connectivity index (χ0v) is 7.83. The third kappa shape index (κ3) is 3.52. The van der Waals surface area contributed by atoms with Crippen LogP contribution >= 0.6 is 0 Å². The van der Waals surface area contributed by atoms with Gasteiger partial charge in [0, 0.05) is 6.54 Å². The molecule has 0 aromatic heterocycles. The van der Waals surface area contributed by atoms with Crippen molar-refractivity contribution in [1.29, 1.82) is 0 Å². The molecule has 1 heterocycles. The fourth-order valence-corrected chi connectivity index (χ4v) is 1.50. The molecule has 1 saturated heterocycles. The highest BCUT2D eigenvalue weighted by molar-refractivity contribution is 4.65. The summed E-state index contributed by atoms with van der Waals surface area (Å²) in [7, 11) is 0. The molecule has 0 aromatic rings. The van der Waals surface area contributed by atoms with Crippen LogP contribution in [0, 0.1) is 0 Å². The fraction of sp³-hybridized carbons (Fsp3) is 1.00. The number of hydrogen-bond donors (Lipinski definition) is 1. The number of hydrogen-bond acceptors (Lipinski definition) is 3. The summed E-state index contributed by atoms with van der Waals surface area (Å²) < 4.78 is 5.49. The molecule has 3 nitrogen and oxygen atoms in total. The van der Waals surface area contributed by atoms with Crippen LogP contribution < -0.4 is 0 Å². The highest BCUT2D eigenvalue weighted by Crippen LogP contribution is 2.10. The van der Waals surface area contributed by atoms with E-state index in [1.807, 2.05) is 0 Å². The molecule has 0 aliphatic carbocycles. The van der Waals surface area contributed by atoms with Gasteiger partial charge in [-0.3, -0.25) is 0 Å². The van der Waals surface area contributed by atoms with Gasteiger partial charge in [0.25, 0.3) is 0 Å². The molecule has 1 atom stereocenters. The van der Waals surface area contributed by atoms with Crippen LogP contribution in [-0.2, 0) is 4.74 Å². The third-order valence-electron chi connectivity index (χ3n) is 2.25. The van der Waals surface area contributed by atoms with Crippen molar-refractivity contribution in [3.8, 4) is 0 Å². The Morgan fingerprint density at radius 3 is 3.00 bits per heavy atom. The van der Waals surface area contributed by atoms with Gasteiger partial charge in [-0.15, -0.1) is 0 Å². The van der Waals surface area contributed by atoms with Crippen molar-refractivity contribution >= 4 is 0 Å². The van der Waals surface area contributed by atoms with Crippen LogP contribution in [0.2, 0.25) is 0 Å². The first-order valence-corrected chi connectivity index (χ1v) is 4.88. The van der Waals surface area contributed by atoms with Gasteiger partial charge in [0.1, 0.15) is 0 Å². The van der Waals surface area contributed by atoms with Gasteiger partial charge < -0.3 is 9.94 Å². The first-order chi connectivity index (χ1) is 5.83. The average Bonchev–Trinajstić information content (AvgIpc) is 2.05. The quantitative estimate of drug-likeness (QED) is 0.656. The molecule has 1 rings (SSSR count). The van der Waals surface area contributed by atoms with Gasteiger partial charge in [0.2, 0.25) is 0 Å². The molecular formula is C9H19NO2. The summed E-state index contributed by atoms with van der Waals surface area (Å²) in [5, 5.41) is 10.6. The van der Waals surface area contributed by atoms with Gasteiger partial charge in [0.05, 0.1) is 19.3 Å². The minimum absolute atomic E-state index is 0.260. The number of unbranched alkanes of at least 4 members (excludes halogenated alkanes) is 2. The molecule has 0 aromatic carbocycles. The summed E-state index contributed by atoms with van der Waals surface area (Å²) in [6.45, 7) is 4.21. The SMILES string of the molecule is CCCCCC1CN(O)CCO1. The van der Waals surface area contributed by atoms with E-state index in [1.165, 1.54) is 24.3 Å². The van der Waals surface area contributed by atoms with Gasteiger partial charge in [-0.2, -0.15) is 5.06 Å². The van der Waals surface area contributed by atoms with Gasteiger partial charge in [0.15, 0.2) is 0 Å². The van der Waals surface area contributed by atoms with Gasteiger partial charge in [-0.05, 0) is 6.42 Å². The second-order valence-electron chi connectivity index (χ2n) is 3.40. The molecule has 0 bridgehead atoms. The van der Waals surface area contributed by atoms with Gasteiger partial charge in [-0.1, -0.05) is 26.2 Å². The topological polar surface area (TPSA) is 32.7 Å². The zero-order valence-electron chi connectivity index (χ0n) is 7.83. The smallest absolute Gasteiger partial charge is 0.0725 e. The lowest BCUT2D eigenvalue weighted by molar-refractivity contribution is -0.170. The first kappa shape index (κ1) is 9.96. The molecular weight excluding hydrogens is 154 g/mol. The van der Waals surface area contributed by atoms with E-state index < -0.39 is 0 Å². The molecule has 0 radical (unpaired) electrons. The minimum Gasteiger partial charge on any atom is -0.375 e. The number of nitrogens with zero attached hydrogens (tertiary/aromatic N) is 1. The summed E-state index contributed by atoms with van der Waals surface area (Å²) in [5.41, 5.74) is 0. The van der Waals surface area contributed by atoms with E-state index in [9.17, 15) is 5.21 Å². The van der Waals surface area contributed by atoms with Crippen molar-refractivity contribution in [3.05, 3.63) is 0 Å². The predicted octanol–water partition coefficient (Wildman–Crippen LogP) is 1.66. The normalized spacial score (nSPS) is 26.0. The van der Waals surface area contributed by atoms with Crippen molar-refractivity contribution in [3.63, 3.8) is 0 Å². The van der Waals surface area contributed by atoms with E-state index in [0.717, 1.165) is 6.42 Å². The molecule has 0 saturated carbocycles. The summed E-state index contributed by atoms with van der Waals surface area (Å²) in [6.07, 6.45) is 5.08. The van der Waals surface area contributed by atoms with E-state index >= 15 is 0 Å². The van der Waals surface area contributed by atoms with Crippen LogP contribution in [0.1, 0.15) is 32.6 Å². The summed E-state index contributed by atoms with van der Waals surface area (Å²) in [5.74, 6) is 0. The Bertz CT molecular complexity index is 119. The monoisotopic (exact) mass is 173 g/mol. The molecule has 1 fully saturated rings. The highest BCUT2D eigenvalue weighted by atomic mass is 16.5. The maximum absolute atomic E-state index is 9.19. The molecule has 1 aliphatic rings. The third-order valence-corrected chi connectivity index (χ3v) is 2.25. The van der Waals surface area contributed by atoms with E-state index in [-0.39, 0.29) is 6.10 Å². The van der Waals surface area contributed by atoms with Crippen molar-refractivity contribution < 1.29 is 9.94 Å². The Morgan fingerprint density at radius 1 is 1.50 bits per heavy atom. The molecule has 3 heteroatoms. The zero-order chi connectivity index (χ0) is 8.81. The van der Waals surface area contributed by atoms with Crippen LogP contribution in [0.5, 0.6) is 0 Å². The standard InChI is InChI=1S/C9H19NO2/c1-2-3-4-5-9-8-10(11)6-7-12-9/h9,11H,2-8H2,1H3. The van der Waals surface area contributed by atoms with Crippen LogP contribution in [0.15, 0.2) is 0 Å². The number of hydroxylamine groups is 2. The summed E-state index contributed by atoms with van der Waals surface area (Å²) in [6, 6.07) is 0. The van der Waals surface area contributed by atoms with Crippen LogP contribution in [0.4, 0.5) is 0 Å². The van der Waals surface area contributed by atoms with Crippen molar-refractivity contribution in [2.45, 2.75) is 38.7 Å². The number of morpholine rings is 1. The number of ether oxygens (including phenoxy) is 1. The largest absolute Gasteiger partial charge is 0.375 e. The van der Waals surface area contributed by atoms with E-state index in [2.05, 4.69) is 6.92 Å². The van der Waals surface area contributed by atoms with E-state index in [4.69, 9.17) is 4.74 Å². The Morgan fingerprint density at radius 2 is 2.33 bits per heavy atom. The lowest BCUT2D eigenvalue weighted by atomic mass is 10.1. The number of rotatable bonds is 4. The Kier molecular flexibility index (Phi) is 4.58. The Balaban J connectivity index is 2.06. The average molecular weight is 173 g/mol. The highest BCUT2D eigenvalue weighted by Gasteiger charge is 2.17. The summed E-state index contributed by atoms with van der Waals surface area (Å²) in [4.78, 5) is 0. The van der Waals surface area contributed by atoms with E-state index in [0.29, 0.717) is 19.7 Å². The Hall–Kier alpha value is -0.120. The maximum atomic E-state index is 9.19. The predicted molar refractivity (Wildman–Crippen MR) is 47.2 cm³/mol. The first-order valence-electron chi connectivity index (χ1n) is 4.88. The van der Waals surface area contributed by atoms with Crippen LogP contribution in [0.3, 0.4) is 0 Å². The molecule has 0 amide bonds. The minimum atomic E-state index is 0.260. The molecule has 1 aliphatic heterocycles. The molecule has 1 N–H and O–H groups in total. The lowest BCUT2D eigenvalue weighted by Crippen LogP contribution is -2.40. The molecule has 72 valence electrons. The Labute approximate surface area is 74.3 Å². The fourth-order valence-electron chi connectivity index (χ4n) is 1.50. The summed E-state index contributed by atoms with van der Waals surface area (Å²) >= 11 is 0. The molecule has 1 unspecified atom stereocenters. The van der Waals surface area contributed by atoms with Crippen LogP contribution in [0.25, 0.3) is 0 Å². The second kappa shape index (κ2) is 5.51.